The van der Waals surface area contributed by atoms with Crippen molar-refractivity contribution < 1.29 is 9.63 Å². The van der Waals surface area contributed by atoms with Crippen LogP contribution < -0.4 is 0 Å². The summed E-state index contributed by atoms with van der Waals surface area (Å²) in [7, 11) is 0. The summed E-state index contributed by atoms with van der Waals surface area (Å²) >= 11 is 0. The Bertz CT molecular complexity index is 339. The van der Waals surface area contributed by atoms with Crippen molar-refractivity contribution in [1.29, 1.82) is 0 Å². The van der Waals surface area contributed by atoms with E-state index in [1.165, 1.54) is 0 Å². The van der Waals surface area contributed by atoms with Crippen molar-refractivity contribution in [2.24, 2.45) is 11.8 Å². The first-order valence-electron chi connectivity index (χ1n) is 6.96. The Labute approximate surface area is 110 Å². The van der Waals surface area contributed by atoms with Gasteiger partial charge in [0, 0.05) is 5.92 Å². The minimum atomic E-state index is -0.375. The van der Waals surface area contributed by atoms with E-state index in [9.17, 15) is 5.11 Å². The first-order chi connectivity index (χ1) is 8.45. The van der Waals surface area contributed by atoms with Crippen molar-refractivity contribution in [1.82, 2.24) is 10.1 Å². The Morgan fingerprint density at radius 2 is 1.78 bits per heavy atom. The Kier molecular flexibility index (Phi) is 5.79. The lowest BCUT2D eigenvalue weighted by molar-refractivity contribution is 0.151. The topological polar surface area (TPSA) is 59.2 Å². The van der Waals surface area contributed by atoms with Gasteiger partial charge in [-0.3, -0.25) is 0 Å². The number of rotatable bonds is 7. The van der Waals surface area contributed by atoms with Crippen molar-refractivity contribution >= 4 is 0 Å². The van der Waals surface area contributed by atoms with Crippen LogP contribution in [0, 0.1) is 11.8 Å². The molecule has 0 bridgehead atoms. The fourth-order valence-electron chi connectivity index (χ4n) is 2.49. The second-order valence-corrected chi connectivity index (χ2v) is 5.71. The molecule has 18 heavy (non-hydrogen) atoms. The largest absolute Gasteiger partial charge is 0.393 e. The molecule has 0 amide bonds. The van der Waals surface area contributed by atoms with Crippen LogP contribution in [0.3, 0.4) is 0 Å². The van der Waals surface area contributed by atoms with Crippen molar-refractivity contribution in [2.75, 3.05) is 0 Å². The first-order valence-corrected chi connectivity index (χ1v) is 6.96. The molecule has 4 nitrogen and oxygen atoms in total. The lowest BCUT2D eigenvalue weighted by Crippen LogP contribution is -2.15. The Hall–Kier alpha value is -0.900. The Balaban J connectivity index is 2.72. The van der Waals surface area contributed by atoms with Gasteiger partial charge in [0.2, 0.25) is 5.89 Å². The summed E-state index contributed by atoms with van der Waals surface area (Å²) in [5, 5.41) is 13.8. The highest BCUT2D eigenvalue weighted by molar-refractivity contribution is 4.99. The van der Waals surface area contributed by atoms with Gasteiger partial charge in [0.25, 0.3) is 0 Å². The zero-order chi connectivity index (χ0) is 13.7. The molecule has 1 aromatic rings. The minimum absolute atomic E-state index is 0.311. The Morgan fingerprint density at radius 3 is 2.28 bits per heavy atom. The first kappa shape index (κ1) is 15.2. The van der Waals surface area contributed by atoms with Crippen LogP contribution in [0.2, 0.25) is 0 Å². The fraction of sp³-hybridized carbons (Fsp3) is 0.857. The van der Waals surface area contributed by atoms with Crippen molar-refractivity contribution in [3.05, 3.63) is 11.7 Å². The average molecular weight is 254 g/mol. The van der Waals surface area contributed by atoms with E-state index in [0.29, 0.717) is 30.1 Å². The number of hydrogen-bond donors (Lipinski definition) is 1. The predicted octanol–water partition coefficient (Wildman–Crippen LogP) is 3.17. The average Bonchev–Trinajstić information content (AvgIpc) is 2.65. The van der Waals surface area contributed by atoms with E-state index >= 15 is 0 Å². The van der Waals surface area contributed by atoms with E-state index in [1.807, 2.05) is 0 Å². The predicted molar refractivity (Wildman–Crippen MR) is 71.3 cm³/mol. The lowest BCUT2D eigenvalue weighted by atomic mass is 9.85. The summed E-state index contributed by atoms with van der Waals surface area (Å²) in [6.45, 7) is 10.7. The van der Waals surface area contributed by atoms with Crippen LogP contribution in [0.1, 0.15) is 65.1 Å². The maximum absolute atomic E-state index is 9.74. The van der Waals surface area contributed by atoms with Gasteiger partial charge >= 0.3 is 0 Å². The van der Waals surface area contributed by atoms with Gasteiger partial charge < -0.3 is 9.63 Å². The van der Waals surface area contributed by atoms with Gasteiger partial charge in [-0.05, 0) is 18.3 Å². The van der Waals surface area contributed by atoms with E-state index in [-0.39, 0.29) is 6.10 Å². The third kappa shape index (κ3) is 4.09. The van der Waals surface area contributed by atoms with Crippen LogP contribution in [0.15, 0.2) is 4.52 Å². The number of nitrogens with zero attached hydrogens (tertiary/aromatic N) is 2. The van der Waals surface area contributed by atoms with E-state index in [2.05, 4.69) is 44.8 Å². The zero-order valence-electron chi connectivity index (χ0n) is 12.2. The molecule has 1 rings (SSSR count). The highest BCUT2D eigenvalue weighted by Crippen LogP contribution is 2.29. The molecule has 1 aromatic heterocycles. The Morgan fingerprint density at radius 1 is 1.17 bits per heavy atom. The number of aliphatic hydroxyl groups is 1. The summed E-state index contributed by atoms with van der Waals surface area (Å²) in [4.78, 5) is 4.44. The zero-order valence-corrected chi connectivity index (χ0v) is 12.2. The standard InChI is InChI=1S/C14H26N2O2/c1-6-7-11(17)8-12-15-14(16-18-12)13(9(2)3)10(4)5/h9-11,13,17H,6-8H2,1-5H3. The molecule has 104 valence electrons. The van der Waals surface area contributed by atoms with Gasteiger partial charge in [-0.1, -0.05) is 46.2 Å². The molecule has 0 spiro atoms. The van der Waals surface area contributed by atoms with Crippen LogP contribution in [0.4, 0.5) is 0 Å². The normalized spacial score (nSPS) is 13.8. The van der Waals surface area contributed by atoms with Gasteiger partial charge in [-0.25, -0.2) is 0 Å². The van der Waals surface area contributed by atoms with E-state index in [1.54, 1.807) is 0 Å². The van der Waals surface area contributed by atoms with E-state index in [4.69, 9.17) is 4.52 Å². The van der Waals surface area contributed by atoms with Gasteiger partial charge in [-0.15, -0.1) is 0 Å². The summed E-state index contributed by atoms with van der Waals surface area (Å²) < 4.78 is 5.24. The smallest absolute Gasteiger partial charge is 0.229 e. The molecule has 4 heteroatoms. The minimum Gasteiger partial charge on any atom is -0.393 e. The quantitative estimate of drug-likeness (QED) is 0.812. The van der Waals surface area contributed by atoms with Crippen LogP contribution >= 0.6 is 0 Å². The lowest BCUT2D eigenvalue weighted by Gasteiger charge is -2.20. The van der Waals surface area contributed by atoms with Gasteiger partial charge in [0.05, 0.1) is 12.5 Å². The van der Waals surface area contributed by atoms with Crippen molar-refractivity contribution in [3.63, 3.8) is 0 Å². The van der Waals surface area contributed by atoms with Crippen LogP contribution in [0.5, 0.6) is 0 Å². The van der Waals surface area contributed by atoms with E-state index in [0.717, 1.165) is 18.7 Å². The number of hydrogen-bond acceptors (Lipinski definition) is 4. The SMILES string of the molecule is CCCC(O)Cc1nc(C(C(C)C)C(C)C)no1. The molecule has 0 radical (unpaired) electrons. The molecule has 0 aliphatic carbocycles. The molecule has 0 aliphatic rings. The second-order valence-electron chi connectivity index (χ2n) is 5.71. The molecule has 0 fully saturated rings. The molecule has 1 heterocycles. The molecule has 0 aromatic carbocycles. The molecular weight excluding hydrogens is 228 g/mol. The van der Waals surface area contributed by atoms with Crippen molar-refractivity contribution in [3.8, 4) is 0 Å². The molecule has 0 saturated heterocycles. The third-order valence-corrected chi connectivity index (χ3v) is 3.25. The highest BCUT2D eigenvalue weighted by Gasteiger charge is 2.25. The van der Waals surface area contributed by atoms with Gasteiger partial charge in [0.1, 0.15) is 0 Å². The maximum atomic E-state index is 9.74. The van der Waals surface area contributed by atoms with Gasteiger partial charge in [0.15, 0.2) is 5.82 Å². The molecule has 1 N–H and O–H groups in total. The fourth-order valence-corrected chi connectivity index (χ4v) is 2.49. The third-order valence-electron chi connectivity index (χ3n) is 3.25. The maximum Gasteiger partial charge on any atom is 0.229 e. The molecule has 0 saturated carbocycles. The van der Waals surface area contributed by atoms with Gasteiger partial charge in [-0.2, -0.15) is 4.98 Å². The summed E-state index contributed by atoms with van der Waals surface area (Å²) in [6.07, 6.45) is 1.82. The summed E-state index contributed by atoms with van der Waals surface area (Å²) in [5.41, 5.74) is 0. The number of aromatic nitrogens is 2. The summed E-state index contributed by atoms with van der Waals surface area (Å²) in [6, 6.07) is 0. The summed E-state index contributed by atoms with van der Waals surface area (Å²) in [5.74, 6) is 2.61. The second kappa shape index (κ2) is 6.88. The van der Waals surface area contributed by atoms with E-state index < -0.39 is 0 Å². The van der Waals surface area contributed by atoms with Crippen LogP contribution in [-0.4, -0.2) is 21.4 Å². The highest BCUT2D eigenvalue weighted by atomic mass is 16.5. The molecule has 1 unspecified atom stereocenters. The molecular formula is C14H26N2O2. The number of aliphatic hydroxyl groups excluding tert-OH is 1. The molecule has 0 aliphatic heterocycles. The van der Waals surface area contributed by atoms with Crippen LogP contribution in [-0.2, 0) is 6.42 Å². The van der Waals surface area contributed by atoms with Crippen LogP contribution in [0.25, 0.3) is 0 Å². The molecule has 1 atom stereocenters. The van der Waals surface area contributed by atoms with Crippen molar-refractivity contribution in [2.45, 2.75) is 65.9 Å². The monoisotopic (exact) mass is 254 g/mol.